The van der Waals surface area contributed by atoms with Gasteiger partial charge in [-0.2, -0.15) is 0 Å². The van der Waals surface area contributed by atoms with Crippen LogP contribution in [-0.2, 0) is 16.2 Å². The molecular formula is C17H21OPS2Si. The average molecular weight is 365 g/mol. The number of hydrogen-bond donors (Lipinski definition) is 0. The van der Waals surface area contributed by atoms with Gasteiger partial charge in [0.2, 0.25) is 9.76 Å². The Morgan fingerprint density at radius 3 is 1.86 bits per heavy atom. The van der Waals surface area contributed by atoms with E-state index in [-0.39, 0.29) is 4.37 Å². The van der Waals surface area contributed by atoms with Gasteiger partial charge in [0.25, 0.3) is 0 Å². The maximum atomic E-state index is 6.26. The molecule has 0 aliphatic heterocycles. The third kappa shape index (κ3) is 4.56. The topological polar surface area (TPSA) is 9.23 Å². The molecule has 1 nitrogen and oxygen atoms in total. The zero-order valence-corrected chi connectivity index (χ0v) is 16.7. The molecule has 5 heteroatoms. The Hall–Kier alpha value is -0.383. The van der Waals surface area contributed by atoms with Crippen LogP contribution in [0.25, 0.3) is 0 Å². The van der Waals surface area contributed by atoms with Crippen LogP contribution in [0, 0.1) is 0 Å². The molecule has 2 aromatic carbocycles. The fourth-order valence-corrected chi connectivity index (χ4v) is 13.0. The zero-order chi connectivity index (χ0) is 16.1. The zero-order valence-electron chi connectivity index (χ0n) is 13.2. The number of rotatable bonds is 7. The van der Waals surface area contributed by atoms with Crippen molar-refractivity contribution in [3.8, 4) is 0 Å². The SMILES string of the molecule is CCO[Si]C(C)(C)SP(=S)(c1ccccc1)c1ccccc1. The van der Waals surface area contributed by atoms with Crippen LogP contribution < -0.4 is 10.6 Å². The number of hydrogen-bond acceptors (Lipinski definition) is 3. The molecule has 0 unspecified atom stereocenters. The fourth-order valence-electron chi connectivity index (χ4n) is 2.09. The highest BCUT2D eigenvalue weighted by Crippen LogP contribution is 2.61. The average Bonchev–Trinajstić information content (AvgIpc) is 2.54. The van der Waals surface area contributed by atoms with Crippen molar-refractivity contribution in [1.29, 1.82) is 0 Å². The van der Waals surface area contributed by atoms with Gasteiger partial charge in [0, 0.05) is 11.0 Å². The lowest BCUT2D eigenvalue weighted by atomic mass is 10.4. The predicted octanol–water partition coefficient (Wildman–Crippen LogP) is 4.16. The van der Waals surface area contributed by atoms with Crippen LogP contribution in [0.4, 0.5) is 0 Å². The van der Waals surface area contributed by atoms with Gasteiger partial charge in [0.1, 0.15) is 0 Å². The Balaban J connectivity index is 2.41. The Labute approximate surface area is 145 Å². The lowest BCUT2D eigenvalue weighted by Crippen LogP contribution is -2.29. The summed E-state index contributed by atoms with van der Waals surface area (Å²) in [5.74, 6) is 0. The molecule has 2 aromatic rings. The van der Waals surface area contributed by atoms with E-state index in [9.17, 15) is 0 Å². The summed E-state index contributed by atoms with van der Waals surface area (Å²) in [6.07, 6.45) is 0. The highest BCUT2D eigenvalue weighted by molar-refractivity contribution is 8.76. The summed E-state index contributed by atoms with van der Waals surface area (Å²) in [5.41, 5.74) is 0. The Bertz CT molecular complexity index is 588. The van der Waals surface area contributed by atoms with Crippen LogP contribution in [0.15, 0.2) is 60.7 Å². The molecule has 0 heterocycles. The minimum atomic E-state index is -1.91. The second-order valence-electron chi connectivity index (χ2n) is 5.36. The molecule has 0 aliphatic rings. The Kier molecular flexibility index (Phi) is 6.48. The molecule has 0 N–H and O–H groups in total. The van der Waals surface area contributed by atoms with Crippen molar-refractivity contribution in [2.45, 2.75) is 25.1 Å². The minimum absolute atomic E-state index is 0.0111. The highest BCUT2D eigenvalue weighted by Gasteiger charge is 2.33. The summed E-state index contributed by atoms with van der Waals surface area (Å²) in [6, 6.07) is 21.1. The van der Waals surface area contributed by atoms with Crippen LogP contribution in [0.2, 0.25) is 0 Å². The first kappa shape index (κ1) is 18.0. The third-order valence-corrected chi connectivity index (χ3v) is 13.0. The van der Waals surface area contributed by atoms with Crippen LogP contribution in [0.1, 0.15) is 20.8 Å². The molecule has 0 amide bonds. The van der Waals surface area contributed by atoms with Crippen LogP contribution in [0.3, 0.4) is 0 Å². The van der Waals surface area contributed by atoms with Crippen molar-refractivity contribution in [2.24, 2.45) is 0 Å². The van der Waals surface area contributed by atoms with Crippen molar-refractivity contribution in [2.75, 3.05) is 6.61 Å². The van der Waals surface area contributed by atoms with Crippen LogP contribution in [0.5, 0.6) is 0 Å². The van der Waals surface area contributed by atoms with E-state index in [0.29, 0.717) is 9.76 Å². The lowest BCUT2D eigenvalue weighted by molar-refractivity contribution is 0.353. The third-order valence-electron chi connectivity index (χ3n) is 3.01. The first-order valence-corrected chi connectivity index (χ1v) is 12.4. The summed E-state index contributed by atoms with van der Waals surface area (Å²) in [4.78, 5) is 0. The smallest absolute Gasteiger partial charge is 0.247 e. The molecule has 0 aliphatic carbocycles. The molecule has 0 bridgehead atoms. The second-order valence-corrected chi connectivity index (χ2v) is 15.3. The quantitative estimate of drug-likeness (QED) is 0.539. The molecule has 0 aromatic heterocycles. The molecule has 22 heavy (non-hydrogen) atoms. The van der Waals surface area contributed by atoms with E-state index in [1.165, 1.54) is 10.6 Å². The van der Waals surface area contributed by atoms with Gasteiger partial charge in [0.15, 0.2) is 0 Å². The summed E-state index contributed by atoms with van der Waals surface area (Å²) in [5, 5.41) is 0.611. The van der Waals surface area contributed by atoms with E-state index < -0.39 is 5.24 Å². The molecule has 2 rings (SSSR count). The molecule has 0 atom stereocenters. The summed E-state index contributed by atoms with van der Waals surface area (Å²) >= 11 is 8.17. The fraction of sp³-hybridized carbons (Fsp3) is 0.294. The van der Waals surface area contributed by atoms with Gasteiger partial charge < -0.3 is 4.43 Å². The van der Waals surface area contributed by atoms with E-state index in [1.54, 1.807) is 0 Å². The van der Waals surface area contributed by atoms with E-state index in [1.807, 2.05) is 30.4 Å². The van der Waals surface area contributed by atoms with Crippen molar-refractivity contribution in [3.05, 3.63) is 60.7 Å². The van der Waals surface area contributed by atoms with Gasteiger partial charge >= 0.3 is 0 Å². The van der Waals surface area contributed by atoms with E-state index in [2.05, 4.69) is 62.4 Å². The normalized spacial score (nSPS) is 12.3. The second kappa shape index (κ2) is 7.94. The predicted molar refractivity (Wildman–Crippen MR) is 105 cm³/mol. The first-order chi connectivity index (χ1) is 10.5. The van der Waals surface area contributed by atoms with E-state index >= 15 is 0 Å². The molecule has 0 saturated carbocycles. The molecule has 0 fully saturated rings. The molecular weight excluding hydrogens is 343 g/mol. The first-order valence-electron chi connectivity index (χ1n) is 7.29. The van der Waals surface area contributed by atoms with Gasteiger partial charge in [-0.3, -0.25) is 0 Å². The van der Waals surface area contributed by atoms with Gasteiger partial charge in [-0.1, -0.05) is 86.3 Å². The summed E-state index contributed by atoms with van der Waals surface area (Å²) in [7, 11) is 0.446. The van der Waals surface area contributed by atoms with E-state index in [0.717, 1.165) is 6.61 Å². The summed E-state index contributed by atoms with van der Waals surface area (Å²) in [6.45, 7) is 7.26. The maximum absolute atomic E-state index is 6.26. The van der Waals surface area contributed by atoms with Crippen LogP contribution >= 0.6 is 16.6 Å². The maximum Gasteiger partial charge on any atom is 0.247 e. The Morgan fingerprint density at radius 1 is 1.00 bits per heavy atom. The number of benzene rings is 2. The van der Waals surface area contributed by atoms with Gasteiger partial charge in [-0.25, -0.2) is 0 Å². The van der Waals surface area contributed by atoms with Gasteiger partial charge in [-0.05, 0) is 17.5 Å². The van der Waals surface area contributed by atoms with Crippen LogP contribution in [-0.4, -0.2) is 20.7 Å². The standard InChI is InChI=1S/C17H21OPS2Si/c1-4-18-22-17(2,3)21-19(20,15-11-7-5-8-12-15)16-13-9-6-10-14-16/h5-14H,4H2,1-3H3. The highest BCUT2D eigenvalue weighted by atomic mass is 32.9. The van der Waals surface area contributed by atoms with Gasteiger partial charge in [0.05, 0.1) is 5.24 Å². The van der Waals surface area contributed by atoms with Crippen molar-refractivity contribution in [3.63, 3.8) is 0 Å². The lowest BCUT2D eigenvalue weighted by Gasteiger charge is -2.31. The van der Waals surface area contributed by atoms with Crippen molar-refractivity contribution < 1.29 is 4.43 Å². The van der Waals surface area contributed by atoms with Crippen molar-refractivity contribution in [1.82, 2.24) is 0 Å². The van der Waals surface area contributed by atoms with Crippen molar-refractivity contribution >= 4 is 48.8 Å². The Morgan fingerprint density at radius 2 is 1.45 bits per heavy atom. The largest absolute Gasteiger partial charge is 0.416 e. The molecule has 0 spiro atoms. The molecule has 0 saturated heterocycles. The monoisotopic (exact) mass is 364 g/mol. The molecule has 116 valence electrons. The van der Waals surface area contributed by atoms with Gasteiger partial charge in [-0.15, -0.1) is 11.4 Å². The van der Waals surface area contributed by atoms with E-state index in [4.69, 9.17) is 16.2 Å². The summed E-state index contributed by atoms with van der Waals surface area (Å²) < 4.78 is 5.71. The molecule has 2 radical (unpaired) electrons. The minimum Gasteiger partial charge on any atom is -0.416 e.